The molecule has 1 unspecified atom stereocenters. The van der Waals surface area contributed by atoms with E-state index in [2.05, 4.69) is 0 Å². The molecule has 0 radical (unpaired) electrons. The summed E-state index contributed by atoms with van der Waals surface area (Å²) in [4.78, 5) is 38.9. The van der Waals surface area contributed by atoms with Crippen molar-refractivity contribution in [2.24, 2.45) is 0 Å². The Bertz CT molecular complexity index is 761. The Morgan fingerprint density at radius 3 is 2.37 bits per heavy atom. The minimum absolute atomic E-state index is 0.116. The van der Waals surface area contributed by atoms with Crippen molar-refractivity contribution in [3.63, 3.8) is 0 Å². The van der Waals surface area contributed by atoms with Gasteiger partial charge in [-0.25, -0.2) is 9.59 Å². The van der Waals surface area contributed by atoms with Crippen LogP contribution in [0.25, 0.3) is 0 Å². The number of amides is 2. The van der Waals surface area contributed by atoms with E-state index >= 15 is 0 Å². The molecule has 2 amide bonds. The molecular weight excluding hydrogens is 350 g/mol. The number of nitrogens with zero attached hydrogens (tertiary/aromatic N) is 3. The molecule has 8 heteroatoms. The van der Waals surface area contributed by atoms with Crippen LogP contribution < -0.4 is 0 Å². The molecule has 1 heterocycles. The first kappa shape index (κ1) is 20.2. The van der Waals surface area contributed by atoms with Gasteiger partial charge in [-0.05, 0) is 38.5 Å². The lowest BCUT2D eigenvalue weighted by molar-refractivity contribution is -0.152. The van der Waals surface area contributed by atoms with Gasteiger partial charge in [0.2, 0.25) is 5.91 Å². The highest BCUT2D eigenvalue weighted by Crippen LogP contribution is 2.17. The van der Waals surface area contributed by atoms with Crippen LogP contribution in [-0.4, -0.2) is 64.2 Å². The zero-order valence-electron chi connectivity index (χ0n) is 15.6. The predicted octanol–water partition coefficient (Wildman–Crippen LogP) is 1.63. The summed E-state index contributed by atoms with van der Waals surface area (Å²) in [6.07, 6.45) is -0.464. The summed E-state index contributed by atoms with van der Waals surface area (Å²) in [5.74, 6) is -1.55. The van der Waals surface area contributed by atoms with Crippen molar-refractivity contribution in [2.45, 2.75) is 38.8 Å². The van der Waals surface area contributed by atoms with Crippen LogP contribution in [0.1, 0.15) is 31.9 Å². The first-order valence-corrected chi connectivity index (χ1v) is 8.60. The summed E-state index contributed by atoms with van der Waals surface area (Å²) in [5, 5.41) is 18.4. The van der Waals surface area contributed by atoms with Crippen LogP contribution in [0, 0.1) is 11.3 Å². The molecule has 1 N–H and O–H groups in total. The number of hydrogen-bond donors (Lipinski definition) is 1. The van der Waals surface area contributed by atoms with Crippen LogP contribution in [0.3, 0.4) is 0 Å². The van der Waals surface area contributed by atoms with Gasteiger partial charge in [-0.1, -0.05) is 12.1 Å². The van der Waals surface area contributed by atoms with Crippen LogP contribution in [-0.2, 0) is 20.7 Å². The van der Waals surface area contributed by atoms with Gasteiger partial charge in [0.05, 0.1) is 11.6 Å². The molecule has 1 aliphatic heterocycles. The van der Waals surface area contributed by atoms with Gasteiger partial charge in [0.25, 0.3) is 0 Å². The van der Waals surface area contributed by atoms with Crippen molar-refractivity contribution < 1.29 is 24.2 Å². The Hall–Kier alpha value is -3.08. The second kappa shape index (κ2) is 8.08. The smallest absolute Gasteiger partial charge is 0.410 e. The maximum Gasteiger partial charge on any atom is 0.410 e. The highest BCUT2D eigenvalue weighted by molar-refractivity contribution is 5.88. The fraction of sp³-hybridized carbons (Fsp3) is 0.474. The third-order valence-electron chi connectivity index (χ3n) is 4.08. The molecule has 1 aliphatic rings. The lowest BCUT2D eigenvalue weighted by atomic mass is 10.0. The van der Waals surface area contributed by atoms with E-state index in [1.165, 1.54) is 9.80 Å². The Morgan fingerprint density at radius 1 is 1.26 bits per heavy atom. The molecule has 1 aromatic carbocycles. The number of ether oxygens (including phenoxy) is 1. The third-order valence-corrected chi connectivity index (χ3v) is 4.08. The largest absolute Gasteiger partial charge is 0.480 e. The number of aliphatic carboxylic acids is 1. The van der Waals surface area contributed by atoms with Gasteiger partial charge in [0.1, 0.15) is 18.2 Å². The Kier molecular flexibility index (Phi) is 6.05. The van der Waals surface area contributed by atoms with Crippen molar-refractivity contribution in [3.8, 4) is 6.07 Å². The van der Waals surface area contributed by atoms with Gasteiger partial charge >= 0.3 is 12.1 Å². The maximum absolute atomic E-state index is 12.5. The van der Waals surface area contributed by atoms with Crippen molar-refractivity contribution in [1.29, 1.82) is 5.26 Å². The molecular formula is C19H23N3O5. The van der Waals surface area contributed by atoms with Gasteiger partial charge in [0.15, 0.2) is 0 Å². The van der Waals surface area contributed by atoms with Crippen molar-refractivity contribution in [1.82, 2.24) is 9.80 Å². The maximum atomic E-state index is 12.5. The van der Waals surface area contributed by atoms with E-state index in [1.807, 2.05) is 6.07 Å². The standard InChI is InChI=1S/C19H23N3O5/c1-19(2,3)27-18(26)21-8-9-22(16(23)12-21)15(17(24)25)10-13-4-6-14(11-20)7-5-13/h4-7,15H,8-10,12H2,1-3H3,(H,24,25). The fourth-order valence-corrected chi connectivity index (χ4v) is 2.77. The van der Waals surface area contributed by atoms with Gasteiger partial charge in [-0.3, -0.25) is 9.69 Å². The average molecular weight is 373 g/mol. The van der Waals surface area contributed by atoms with E-state index in [0.717, 1.165) is 0 Å². The molecule has 0 saturated carbocycles. The summed E-state index contributed by atoms with van der Waals surface area (Å²) in [5.41, 5.74) is 0.521. The van der Waals surface area contributed by atoms with E-state index in [0.29, 0.717) is 11.1 Å². The zero-order valence-corrected chi connectivity index (χ0v) is 15.6. The number of carboxylic acids is 1. The number of carbonyl (C=O) groups is 3. The minimum Gasteiger partial charge on any atom is -0.480 e. The number of carbonyl (C=O) groups excluding carboxylic acids is 2. The second-order valence-corrected chi connectivity index (χ2v) is 7.36. The van der Waals surface area contributed by atoms with Crippen molar-refractivity contribution >= 4 is 18.0 Å². The first-order chi connectivity index (χ1) is 12.6. The summed E-state index contributed by atoms with van der Waals surface area (Å²) < 4.78 is 5.26. The van der Waals surface area contributed by atoms with Crippen LogP contribution in [0.4, 0.5) is 4.79 Å². The SMILES string of the molecule is CC(C)(C)OC(=O)N1CCN(C(Cc2ccc(C#N)cc2)C(=O)O)C(=O)C1. The van der Waals surface area contributed by atoms with E-state index < -0.39 is 29.6 Å². The highest BCUT2D eigenvalue weighted by Gasteiger charge is 2.36. The fourth-order valence-electron chi connectivity index (χ4n) is 2.77. The Balaban J connectivity index is 2.06. The molecule has 144 valence electrons. The van der Waals surface area contributed by atoms with Crippen LogP contribution in [0.2, 0.25) is 0 Å². The molecule has 1 atom stereocenters. The van der Waals surface area contributed by atoms with Crippen molar-refractivity contribution in [3.05, 3.63) is 35.4 Å². The number of piperazine rings is 1. The van der Waals surface area contributed by atoms with Crippen LogP contribution in [0.15, 0.2) is 24.3 Å². The normalized spacial score (nSPS) is 15.9. The third kappa shape index (κ3) is 5.45. The molecule has 0 aliphatic carbocycles. The topological polar surface area (TPSA) is 111 Å². The monoisotopic (exact) mass is 373 g/mol. The van der Waals surface area contributed by atoms with E-state index in [-0.39, 0.29) is 26.1 Å². The highest BCUT2D eigenvalue weighted by atomic mass is 16.6. The summed E-state index contributed by atoms with van der Waals surface area (Å²) in [6.45, 7) is 5.32. The summed E-state index contributed by atoms with van der Waals surface area (Å²) in [7, 11) is 0. The molecule has 0 aromatic heterocycles. The number of benzene rings is 1. The molecule has 2 rings (SSSR count). The predicted molar refractivity (Wildman–Crippen MR) is 95.8 cm³/mol. The zero-order chi connectivity index (χ0) is 20.2. The number of hydrogen-bond acceptors (Lipinski definition) is 5. The quantitative estimate of drug-likeness (QED) is 0.859. The van der Waals surface area contributed by atoms with Crippen molar-refractivity contribution in [2.75, 3.05) is 19.6 Å². The minimum atomic E-state index is -1.11. The lowest BCUT2D eigenvalue weighted by Gasteiger charge is -2.37. The second-order valence-electron chi connectivity index (χ2n) is 7.36. The number of carboxylic acid groups (broad SMARTS) is 1. The Labute approximate surface area is 157 Å². The van der Waals surface area contributed by atoms with E-state index in [9.17, 15) is 19.5 Å². The Morgan fingerprint density at radius 2 is 1.89 bits per heavy atom. The van der Waals surface area contributed by atoms with Gasteiger partial charge in [-0.15, -0.1) is 0 Å². The van der Waals surface area contributed by atoms with Crippen LogP contribution in [0.5, 0.6) is 0 Å². The number of rotatable bonds is 4. The van der Waals surface area contributed by atoms with Crippen LogP contribution >= 0.6 is 0 Å². The number of nitriles is 1. The first-order valence-electron chi connectivity index (χ1n) is 8.60. The summed E-state index contributed by atoms with van der Waals surface area (Å²) in [6, 6.07) is 7.53. The molecule has 0 spiro atoms. The molecule has 8 nitrogen and oxygen atoms in total. The summed E-state index contributed by atoms with van der Waals surface area (Å²) >= 11 is 0. The molecule has 1 saturated heterocycles. The van der Waals surface area contributed by atoms with Gasteiger partial charge in [-0.2, -0.15) is 5.26 Å². The molecule has 1 aromatic rings. The molecule has 1 fully saturated rings. The van der Waals surface area contributed by atoms with Gasteiger partial charge in [0, 0.05) is 19.5 Å². The van der Waals surface area contributed by atoms with E-state index in [1.54, 1.807) is 45.0 Å². The molecule has 0 bridgehead atoms. The average Bonchev–Trinajstić information content (AvgIpc) is 2.59. The lowest BCUT2D eigenvalue weighted by Crippen LogP contribution is -2.58. The van der Waals surface area contributed by atoms with Gasteiger partial charge < -0.3 is 14.7 Å². The van der Waals surface area contributed by atoms with E-state index in [4.69, 9.17) is 10.00 Å². The molecule has 27 heavy (non-hydrogen) atoms.